The molecule has 2 saturated heterocycles. The van der Waals surface area contributed by atoms with Crippen LogP contribution in [0.1, 0.15) is 42.1 Å². The summed E-state index contributed by atoms with van der Waals surface area (Å²) in [6, 6.07) is 4.71. The first-order valence-electron chi connectivity index (χ1n) is 13.2. The second-order valence-electron chi connectivity index (χ2n) is 11.0. The third-order valence-electron chi connectivity index (χ3n) is 7.91. The molecule has 0 radical (unpaired) electrons. The molecule has 0 bridgehead atoms. The van der Waals surface area contributed by atoms with Crippen LogP contribution < -0.4 is 10.1 Å². The summed E-state index contributed by atoms with van der Waals surface area (Å²) < 4.78 is 30.9. The molecule has 1 amide bonds. The SMILES string of the molecule is Cc1cc(C2CN(C3CN(C(=O)CCS(C)(=O)=O)C3)C2)cc2c1O[C@@H](C)c1c(ncnc1-c1cnn(C)c1)N2. The Hall–Kier alpha value is -3.51. The Morgan fingerprint density at radius 3 is 2.64 bits per heavy atom. The second kappa shape index (κ2) is 9.60. The zero-order valence-electron chi connectivity index (χ0n) is 22.6. The van der Waals surface area contributed by atoms with Crippen LogP contribution >= 0.6 is 0 Å². The van der Waals surface area contributed by atoms with E-state index in [0.717, 1.165) is 59.0 Å². The number of aromatic nitrogens is 4. The first kappa shape index (κ1) is 25.8. The number of amides is 1. The third-order valence-corrected chi connectivity index (χ3v) is 8.86. The lowest BCUT2D eigenvalue weighted by Crippen LogP contribution is -2.65. The Morgan fingerprint density at radius 1 is 1.18 bits per heavy atom. The van der Waals surface area contributed by atoms with Gasteiger partial charge in [0.2, 0.25) is 5.91 Å². The minimum absolute atomic E-state index is 0.0635. The van der Waals surface area contributed by atoms with Gasteiger partial charge in [-0.3, -0.25) is 14.4 Å². The molecule has 206 valence electrons. The molecule has 11 nitrogen and oxygen atoms in total. The first-order valence-corrected chi connectivity index (χ1v) is 15.2. The van der Waals surface area contributed by atoms with E-state index in [0.29, 0.717) is 25.0 Å². The maximum absolute atomic E-state index is 12.3. The molecule has 2 aromatic heterocycles. The van der Waals surface area contributed by atoms with Gasteiger partial charge in [0.05, 0.1) is 28.9 Å². The number of likely N-dealkylation sites (tertiary alicyclic amines) is 2. The van der Waals surface area contributed by atoms with Crippen LogP contribution in [0.3, 0.4) is 0 Å². The molecular weight excluding hydrogens is 518 g/mol. The van der Waals surface area contributed by atoms with Gasteiger partial charge in [-0.15, -0.1) is 0 Å². The van der Waals surface area contributed by atoms with Gasteiger partial charge in [-0.05, 0) is 31.0 Å². The highest BCUT2D eigenvalue weighted by atomic mass is 32.2. The number of anilines is 2. The number of nitrogens with zero attached hydrogens (tertiary/aromatic N) is 6. The lowest BCUT2D eigenvalue weighted by molar-refractivity contribution is -0.139. The monoisotopic (exact) mass is 551 g/mol. The molecule has 1 atom stereocenters. The van der Waals surface area contributed by atoms with E-state index in [1.165, 1.54) is 5.56 Å². The number of rotatable bonds is 6. The number of aryl methyl sites for hydroxylation is 2. The molecule has 0 saturated carbocycles. The van der Waals surface area contributed by atoms with Crippen LogP contribution in [0.15, 0.2) is 30.9 Å². The smallest absolute Gasteiger partial charge is 0.223 e. The molecule has 1 N–H and O–H groups in total. The number of nitrogens with one attached hydrogen (secondary N) is 1. The largest absolute Gasteiger partial charge is 0.483 e. The van der Waals surface area contributed by atoms with Crippen molar-refractivity contribution >= 4 is 27.2 Å². The lowest BCUT2D eigenvalue weighted by Gasteiger charge is -2.52. The number of hydrogen-bond acceptors (Lipinski definition) is 9. The molecule has 6 rings (SSSR count). The van der Waals surface area contributed by atoms with Gasteiger partial charge < -0.3 is 15.0 Å². The zero-order chi connectivity index (χ0) is 27.5. The highest BCUT2D eigenvalue weighted by Crippen LogP contribution is 2.45. The molecular formula is C27H33N7O4S. The highest BCUT2D eigenvalue weighted by molar-refractivity contribution is 7.90. The van der Waals surface area contributed by atoms with Crippen LogP contribution in [0, 0.1) is 6.92 Å². The van der Waals surface area contributed by atoms with Crippen LogP contribution in [0.25, 0.3) is 11.3 Å². The Bertz CT molecular complexity index is 1540. The fraction of sp³-hybridized carbons (Fsp3) is 0.481. The number of sulfone groups is 1. The normalized spacial score (nSPS) is 19.7. The van der Waals surface area contributed by atoms with E-state index in [1.807, 2.05) is 20.2 Å². The molecule has 5 heterocycles. The molecule has 0 unspecified atom stereocenters. The van der Waals surface area contributed by atoms with E-state index < -0.39 is 9.84 Å². The summed E-state index contributed by atoms with van der Waals surface area (Å²) in [7, 11) is -1.25. The zero-order valence-corrected chi connectivity index (χ0v) is 23.4. The molecule has 0 spiro atoms. The molecule has 1 aromatic carbocycles. The van der Waals surface area contributed by atoms with Gasteiger partial charge in [-0.1, -0.05) is 6.07 Å². The van der Waals surface area contributed by atoms with E-state index >= 15 is 0 Å². The molecule has 3 aliphatic heterocycles. The molecule has 2 fully saturated rings. The van der Waals surface area contributed by atoms with Crippen molar-refractivity contribution < 1.29 is 17.9 Å². The number of fused-ring (bicyclic) bond motifs is 2. The maximum Gasteiger partial charge on any atom is 0.223 e. The van der Waals surface area contributed by atoms with Gasteiger partial charge in [-0.2, -0.15) is 5.10 Å². The summed E-state index contributed by atoms with van der Waals surface area (Å²) in [6.07, 6.45) is 6.28. The van der Waals surface area contributed by atoms with Gasteiger partial charge in [0.15, 0.2) is 0 Å². The van der Waals surface area contributed by atoms with Crippen molar-refractivity contribution in [3.05, 3.63) is 47.5 Å². The van der Waals surface area contributed by atoms with Crippen LogP contribution in [0.5, 0.6) is 5.75 Å². The van der Waals surface area contributed by atoms with E-state index in [9.17, 15) is 13.2 Å². The molecule has 0 aliphatic carbocycles. The van der Waals surface area contributed by atoms with Crippen molar-refractivity contribution in [2.24, 2.45) is 7.05 Å². The average molecular weight is 552 g/mol. The Balaban J connectivity index is 1.14. The van der Waals surface area contributed by atoms with Gasteiger partial charge >= 0.3 is 0 Å². The number of benzene rings is 1. The van der Waals surface area contributed by atoms with Crippen molar-refractivity contribution in [3.8, 4) is 17.0 Å². The average Bonchev–Trinajstić information content (AvgIpc) is 3.19. The summed E-state index contributed by atoms with van der Waals surface area (Å²) in [6.45, 7) is 7.28. The summed E-state index contributed by atoms with van der Waals surface area (Å²) >= 11 is 0. The standard InChI is InChI=1S/C27H33N7O4S/c1-16-7-18(20-11-33(12-20)21-13-34(14-21)23(35)5-6-39(4,36)37)8-22-26(16)38-17(2)24-25(19-9-30-32(3)10-19)28-15-29-27(24)31-22/h7-10,15,17,20-21H,5-6,11-14H2,1-4H3,(H,28,29,31)/t17-/m0/s1. The maximum atomic E-state index is 12.3. The van der Waals surface area contributed by atoms with Gasteiger partial charge in [0, 0.05) is 69.6 Å². The highest BCUT2D eigenvalue weighted by Gasteiger charge is 2.41. The van der Waals surface area contributed by atoms with Gasteiger partial charge in [0.25, 0.3) is 0 Å². The number of carbonyl (C=O) groups excluding carboxylic acids is 1. The van der Waals surface area contributed by atoms with E-state index in [4.69, 9.17) is 4.74 Å². The fourth-order valence-electron chi connectivity index (χ4n) is 5.65. The van der Waals surface area contributed by atoms with Crippen LogP contribution in [-0.2, 0) is 21.7 Å². The number of carbonyl (C=O) groups is 1. The predicted octanol–water partition coefficient (Wildman–Crippen LogP) is 2.43. The summed E-state index contributed by atoms with van der Waals surface area (Å²) in [4.78, 5) is 25.5. The Morgan fingerprint density at radius 2 is 1.95 bits per heavy atom. The molecule has 12 heteroatoms. The third kappa shape index (κ3) is 4.98. The van der Waals surface area contributed by atoms with Crippen molar-refractivity contribution in [1.29, 1.82) is 0 Å². The summed E-state index contributed by atoms with van der Waals surface area (Å²) in [5.41, 5.74) is 5.83. The van der Waals surface area contributed by atoms with E-state index in [2.05, 4.69) is 44.3 Å². The summed E-state index contributed by atoms with van der Waals surface area (Å²) in [5.74, 6) is 1.78. The van der Waals surface area contributed by atoms with E-state index in [-0.39, 0.29) is 24.2 Å². The van der Waals surface area contributed by atoms with E-state index in [1.54, 1.807) is 22.1 Å². The van der Waals surface area contributed by atoms with Crippen LogP contribution in [-0.4, -0.2) is 88.1 Å². The van der Waals surface area contributed by atoms with Crippen molar-refractivity contribution in [3.63, 3.8) is 0 Å². The quantitative estimate of drug-likeness (QED) is 0.492. The summed E-state index contributed by atoms with van der Waals surface area (Å²) in [5, 5.41) is 7.83. The number of ether oxygens (including phenoxy) is 1. The number of hydrogen-bond donors (Lipinski definition) is 1. The fourth-order valence-corrected chi connectivity index (χ4v) is 6.19. The molecule has 39 heavy (non-hydrogen) atoms. The molecule has 3 aromatic rings. The second-order valence-corrected chi connectivity index (χ2v) is 13.2. The minimum atomic E-state index is -3.13. The van der Waals surface area contributed by atoms with Gasteiger partial charge in [-0.25, -0.2) is 18.4 Å². The van der Waals surface area contributed by atoms with Crippen LogP contribution in [0.2, 0.25) is 0 Å². The Labute approximate surface area is 228 Å². The van der Waals surface area contributed by atoms with Gasteiger partial charge in [0.1, 0.15) is 33.8 Å². The molecule has 3 aliphatic rings. The Kier molecular flexibility index (Phi) is 6.34. The van der Waals surface area contributed by atoms with Crippen molar-refractivity contribution in [1.82, 2.24) is 29.5 Å². The minimum Gasteiger partial charge on any atom is -0.483 e. The van der Waals surface area contributed by atoms with Crippen molar-refractivity contribution in [2.75, 3.05) is 43.5 Å². The van der Waals surface area contributed by atoms with Crippen molar-refractivity contribution in [2.45, 2.75) is 38.3 Å². The predicted molar refractivity (Wildman–Crippen MR) is 147 cm³/mol. The lowest BCUT2D eigenvalue weighted by atomic mass is 9.87. The topological polar surface area (TPSA) is 123 Å². The van der Waals surface area contributed by atoms with Crippen LogP contribution in [0.4, 0.5) is 11.5 Å². The first-order chi connectivity index (χ1) is 18.6.